The highest BCUT2D eigenvalue weighted by molar-refractivity contribution is 5.84. The molecule has 3 saturated carbocycles. The number of aromatic nitrogens is 1. The lowest BCUT2D eigenvalue weighted by atomic mass is 9.33. The third-order valence-electron chi connectivity index (χ3n) is 15.2. The zero-order valence-corrected chi connectivity index (χ0v) is 28.4. The van der Waals surface area contributed by atoms with Crippen LogP contribution in [-0.2, 0) is 16.6 Å². The van der Waals surface area contributed by atoms with E-state index in [1.54, 1.807) is 5.57 Å². The SMILES string of the molecule is CC1(C)CC[C@]2(C(=O)NCCN3CCCCC3)CC[C@]3(C)C(=CC[C@@H]4[C@@]5(C)Cc6cnoc6C(C)(C)[C@@H]5CC[C@]43C)[C@@H]2C1. The molecule has 1 amide bonds. The molecule has 1 aromatic rings. The van der Waals surface area contributed by atoms with Gasteiger partial charge in [0.2, 0.25) is 5.91 Å². The van der Waals surface area contributed by atoms with Crippen molar-refractivity contribution >= 4 is 5.91 Å². The van der Waals surface area contributed by atoms with Crippen LogP contribution in [0.15, 0.2) is 22.4 Å². The molecule has 2 heterocycles. The van der Waals surface area contributed by atoms with Crippen molar-refractivity contribution in [3.63, 3.8) is 0 Å². The zero-order valence-electron chi connectivity index (χ0n) is 28.4. The fourth-order valence-electron chi connectivity index (χ4n) is 12.6. The van der Waals surface area contributed by atoms with Gasteiger partial charge in [-0.2, -0.15) is 0 Å². The molecule has 0 radical (unpaired) electrons. The van der Waals surface area contributed by atoms with Gasteiger partial charge in [0.1, 0.15) is 5.76 Å². The van der Waals surface area contributed by atoms with E-state index in [4.69, 9.17) is 4.52 Å². The summed E-state index contributed by atoms with van der Waals surface area (Å²) < 4.78 is 5.90. The van der Waals surface area contributed by atoms with Gasteiger partial charge in [0.05, 0.1) is 11.6 Å². The third kappa shape index (κ3) is 4.24. The smallest absolute Gasteiger partial charge is 0.226 e. The van der Waals surface area contributed by atoms with E-state index in [0.717, 1.165) is 63.8 Å². The quantitative estimate of drug-likeness (QED) is 0.361. The van der Waals surface area contributed by atoms with Crippen molar-refractivity contribution in [2.24, 2.45) is 44.8 Å². The number of carbonyl (C=O) groups excluding carboxylic acids is 1. The van der Waals surface area contributed by atoms with Gasteiger partial charge in [-0.3, -0.25) is 4.79 Å². The van der Waals surface area contributed by atoms with Crippen LogP contribution in [0.3, 0.4) is 0 Å². The lowest BCUT2D eigenvalue weighted by Gasteiger charge is -2.70. The van der Waals surface area contributed by atoms with E-state index in [1.165, 1.54) is 50.8 Å². The Morgan fingerprint density at radius 1 is 0.977 bits per heavy atom. The Morgan fingerprint density at radius 3 is 2.49 bits per heavy atom. The van der Waals surface area contributed by atoms with E-state index in [9.17, 15) is 4.79 Å². The molecule has 0 bridgehead atoms. The van der Waals surface area contributed by atoms with Crippen LogP contribution in [0.4, 0.5) is 0 Å². The average Bonchev–Trinajstić information content (AvgIpc) is 3.42. The number of allylic oxidation sites excluding steroid dienone is 2. The van der Waals surface area contributed by atoms with Crippen LogP contribution >= 0.6 is 0 Å². The molecule has 5 heteroatoms. The first kappa shape index (κ1) is 30.1. The van der Waals surface area contributed by atoms with Crippen LogP contribution in [0.1, 0.15) is 130 Å². The number of fused-ring (bicyclic) bond motifs is 8. The highest BCUT2D eigenvalue weighted by atomic mass is 16.5. The summed E-state index contributed by atoms with van der Waals surface area (Å²) in [6.45, 7) is 21.8. The van der Waals surface area contributed by atoms with Crippen LogP contribution in [0.2, 0.25) is 0 Å². The first-order valence-electron chi connectivity index (χ1n) is 17.9. The fourth-order valence-corrected chi connectivity index (χ4v) is 12.6. The Hall–Kier alpha value is -1.62. The van der Waals surface area contributed by atoms with Crippen molar-refractivity contribution in [3.8, 4) is 0 Å². The second-order valence-electron chi connectivity index (χ2n) is 18.1. The summed E-state index contributed by atoms with van der Waals surface area (Å²) in [6, 6.07) is 0. The maximum absolute atomic E-state index is 14.4. The molecule has 1 aliphatic heterocycles. The number of hydrogen-bond acceptors (Lipinski definition) is 4. The largest absolute Gasteiger partial charge is 0.361 e. The molecule has 6 aliphatic rings. The Kier molecular flexibility index (Phi) is 6.95. The predicted octanol–water partition coefficient (Wildman–Crippen LogP) is 8.09. The topological polar surface area (TPSA) is 58.4 Å². The van der Waals surface area contributed by atoms with Gasteiger partial charge < -0.3 is 14.7 Å². The molecule has 1 aromatic heterocycles. The molecule has 4 fully saturated rings. The first-order valence-corrected chi connectivity index (χ1v) is 17.9. The average molecular weight is 590 g/mol. The fraction of sp³-hybridized carbons (Fsp3) is 0.842. The van der Waals surface area contributed by atoms with Crippen molar-refractivity contribution in [3.05, 3.63) is 29.2 Å². The standard InChI is InChI=1S/C38H59N3O2/c1-33(2)15-17-38(32(42)39-19-22-41-20-9-8-10-21-41)18-16-36(6)27(28(38)24-33)11-12-30-35(5)23-26-25-40-43-31(26)34(3,4)29(35)13-14-37(30,36)7/h11,25,28-30H,8-10,12-24H2,1-7H3,(H,39,42)/t28-,29-,30+,35-,36+,37+,38-/m0/s1. The number of amides is 1. The van der Waals surface area contributed by atoms with Crippen LogP contribution in [-0.4, -0.2) is 42.1 Å². The van der Waals surface area contributed by atoms with Crippen LogP contribution in [0.25, 0.3) is 0 Å². The number of likely N-dealkylation sites (tertiary alicyclic amines) is 1. The van der Waals surface area contributed by atoms with Crippen molar-refractivity contribution in [2.45, 2.75) is 131 Å². The predicted molar refractivity (Wildman–Crippen MR) is 173 cm³/mol. The first-order chi connectivity index (χ1) is 20.3. The van der Waals surface area contributed by atoms with Crippen molar-refractivity contribution in [1.82, 2.24) is 15.4 Å². The molecule has 1 N–H and O–H groups in total. The minimum absolute atomic E-state index is 0.00641. The van der Waals surface area contributed by atoms with Gasteiger partial charge >= 0.3 is 0 Å². The van der Waals surface area contributed by atoms with Crippen molar-refractivity contribution in [1.29, 1.82) is 0 Å². The maximum Gasteiger partial charge on any atom is 0.226 e. The van der Waals surface area contributed by atoms with Gasteiger partial charge in [-0.15, -0.1) is 0 Å². The maximum atomic E-state index is 14.4. The molecule has 0 unspecified atom stereocenters. The summed E-state index contributed by atoms with van der Waals surface area (Å²) in [7, 11) is 0. The summed E-state index contributed by atoms with van der Waals surface area (Å²) in [4.78, 5) is 16.9. The van der Waals surface area contributed by atoms with Crippen molar-refractivity contribution in [2.75, 3.05) is 26.2 Å². The minimum Gasteiger partial charge on any atom is -0.361 e. The van der Waals surface area contributed by atoms with E-state index in [-0.39, 0.29) is 32.5 Å². The van der Waals surface area contributed by atoms with E-state index < -0.39 is 0 Å². The van der Waals surface area contributed by atoms with Gasteiger partial charge in [0, 0.05) is 24.1 Å². The Bertz CT molecular complexity index is 1290. The van der Waals surface area contributed by atoms with Crippen LogP contribution < -0.4 is 5.32 Å². The van der Waals surface area contributed by atoms with Gasteiger partial charge in [-0.05, 0) is 123 Å². The lowest BCUT2D eigenvalue weighted by Crippen LogP contribution is -2.65. The molecule has 7 rings (SSSR count). The normalized spacial score (nSPS) is 43.2. The molecule has 0 aromatic carbocycles. The van der Waals surface area contributed by atoms with Gasteiger partial charge in [0.15, 0.2) is 0 Å². The van der Waals surface area contributed by atoms with E-state index in [2.05, 4.69) is 69.9 Å². The Morgan fingerprint density at radius 2 is 1.72 bits per heavy atom. The number of piperidine rings is 1. The highest BCUT2D eigenvalue weighted by Crippen LogP contribution is 2.75. The minimum atomic E-state index is -0.239. The molecule has 43 heavy (non-hydrogen) atoms. The summed E-state index contributed by atoms with van der Waals surface area (Å²) in [5, 5.41) is 7.82. The third-order valence-corrected chi connectivity index (χ3v) is 15.2. The van der Waals surface area contributed by atoms with Crippen molar-refractivity contribution < 1.29 is 9.32 Å². The van der Waals surface area contributed by atoms with Gasteiger partial charge in [-0.25, -0.2) is 0 Å². The number of nitrogens with one attached hydrogen (secondary N) is 1. The monoisotopic (exact) mass is 589 g/mol. The van der Waals surface area contributed by atoms with E-state index in [0.29, 0.717) is 23.7 Å². The number of hydrogen-bond donors (Lipinski definition) is 1. The Labute approximate surface area is 261 Å². The molecule has 0 spiro atoms. The molecule has 238 valence electrons. The molecular weight excluding hydrogens is 530 g/mol. The molecule has 1 saturated heterocycles. The summed E-state index contributed by atoms with van der Waals surface area (Å²) >= 11 is 0. The lowest BCUT2D eigenvalue weighted by molar-refractivity contribution is -0.168. The molecule has 5 aliphatic carbocycles. The summed E-state index contributed by atoms with van der Waals surface area (Å²) in [5.41, 5.74) is 3.63. The van der Waals surface area contributed by atoms with Gasteiger partial charge in [-0.1, -0.05) is 71.7 Å². The van der Waals surface area contributed by atoms with E-state index >= 15 is 0 Å². The van der Waals surface area contributed by atoms with Crippen LogP contribution in [0.5, 0.6) is 0 Å². The van der Waals surface area contributed by atoms with E-state index in [1.807, 2.05) is 6.20 Å². The molecular formula is C38H59N3O2. The second-order valence-corrected chi connectivity index (χ2v) is 18.1. The summed E-state index contributed by atoms with van der Waals surface area (Å²) in [5.74, 6) is 3.08. The second kappa shape index (κ2) is 9.94. The Balaban J connectivity index is 1.21. The number of carbonyl (C=O) groups is 1. The molecule has 7 atom stereocenters. The number of rotatable bonds is 4. The highest BCUT2D eigenvalue weighted by Gasteiger charge is 2.69. The zero-order chi connectivity index (χ0) is 30.5. The van der Waals surface area contributed by atoms with Crippen LogP contribution in [0, 0.1) is 44.8 Å². The van der Waals surface area contributed by atoms with Gasteiger partial charge in [0.25, 0.3) is 0 Å². The number of nitrogens with zero attached hydrogens (tertiary/aromatic N) is 2. The molecule has 5 nitrogen and oxygen atoms in total. The summed E-state index contributed by atoms with van der Waals surface area (Å²) in [6.07, 6.45) is 19.0.